The average Bonchev–Trinajstić information content (AvgIpc) is 2.34. The fourth-order valence-corrected chi connectivity index (χ4v) is 3.07. The number of thioether (sulfide) groups is 1. The minimum absolute atomic E-state index is 0.161. The van der Waals surface area contributed by atoms with Crippen molar-refractivity contribution in [2.75, 3.05) is 20.3 Å². The molecule has 3 heteroatoms. The predicted molar refractivity (Wildman–Crippen MR) is 54.5 cm³/mol. The molecule has 1 fully saturated rings. The Bertz CT molecular complexity index is 147. The number of methoxy groups -OCH3 is 1. The molecule has 0 aromatic heterocycles. The normalized spacial score (nSPS) is 36.2. The molecule has 72 valence electrons. The van der Waals surface area contributed by atoms with Gasteiger partial charge in [0.2, 0.25) is 0 Å². The molecule has 0 amide bonds. The third-order valence-electron chi connectivity index (χ3n) is 2.39. The fourth-order valence-electron chi connectivity index (χ4n) is 1.57. The summed E-state index contributed by atoms with van der Waals surface area (Å²) in [5.41, 5.74) is 0. The van der Waals surface area contributed by atoms with Gasteiger partial charge in [0.1, 0.15) is 0 Å². The van der Waals surface area contributed by atoms with Crippen LogP contribution in [-0.4, -0.2) is 30.4 Å². The van der Waals surface area contributed by atoms with Gasteiger partial charge >= 0.3 is 0 Å². The molecular weight excluding hydrogens is 170 g/mol. The maximum atomic E-state index is 5.26. The molecule has 1 rings (SSSR count). The molecule has 0 spiro atoms. The van der Waals surface area contributed by atoms with Crippen LogP contribution in [0.2, 0.25) is 0 Å². The summed E-state index contributed by atoms with van der Waals surface area (Å²) in [7, 11) is 1.77. The van der Waals surface area contributed by atoms with Gasteiger partial charge in [-0.1, -0.05) is 20.8 Å². The smallest absolute Gasteiger partial charge is 0.0907 e. The highest BCUT2D eigenvalue weighted by molar-refractivity contribution is 8.01. The van der Waals surface area contributed by atoms with Gasteiger partial charge in [-0.15, -0.1) is 11.8 Å². The van der Waals surface area contributed by atoms with E-state index in [1.165, 1.54) is 0 Å². The summed E-state index contributed by atoms with van der Waals surface area (Å²) in [5, 5.41) is 4.27. The molecule has 0 radical (unpaired) electrons. The lowest BCUT2D eigenvalue weighted by molar-refractivity contribution is 0.136. The summed E-state index contributed by atoms with van der Waals surface area (Å²) in [6.45, 7) is 8.66. The monoisotopic (exact) mass is 189 g/mol. The van der Waals surface area contributed by atoms with Crippen LogP contribution in [0.5, 0.6) is 0 Å². The van der Waals surface area contributed by atoms with Gasteiger partial charge in [-0.25, -0.2) is 0 Å². The third-order valence-corrected chi connectivity index (χ3v) is 4.11. The zero-order valence-electron chi connectivity index (χ0n) is 8.39. The van der Waals surface area contributed by atoms with E-state index in [0.717, 1.165) is 13.2 Å². The van der Waals surface area contributed by atoms with Crippen molar-refractivity contribution in [3.63, 3.8) is 0 Å². The second kappa shape index (κ2) is 3.99. The Kier molecular flexibility index (Phi) is 3.44. The van der Waals surface area contributed by atoms with Crippen molar-refractivity contribution in [3.8, 4) is 0 Å². The number of hydrogen-bond donors (Lipinski definition) is 1. The van der Waals surface area contributed by atoms with Gasteiger partial charge in [-0.3, -0.25) is 5.32 Å². The summed E-state index contributed by atoms with van der Waals surface area (Å²) in [4.78, 5) is 0.161. The molecule has 0 aliphatic carbocycles. The predicted octanol–water partition coefficient (Wildman–Crippen LogP) is 1.71. The van der Waals surface area contributed by atoms with Crippen LogP contribution in [-0.2, 0) is 4.74 Å². The number of hydrogen-bond acceptors (Lipinski definition) is 3. The average molecular weight is 189 g/mol. The Morgan fingerprint density at radius 2 is 2.33 bits per heavy atom. The molecule has 0 aromatic carbocycles. The van der Waals surface area contributed by atoms with Gasteiger partial charge < -0.3 is 4.74 Å². The summed E-state index contributed by atoms with van der Waals surface area (Å²) < 4.78 is 5.26. The van der Waals surface area contributed by atoms with Gasteiger partial charge in [0.05, 0.1) is 11.5 Å². The van der Waals surface area contributed by atoms with E-state index in [-0.39, 0.29) is 4.87 Å². The number of nitrogens with one attached hydrogen (secondary N) is 1. The van der Waals surface area contributed by atoms with Crippen molar-refractivity contribution in [1.82, 2.24) is 5.32 Å². The van der Waals surface area contributed by atoms with Gasteiger partial charge in [0.15, 0.2) is 0 Å². The molecule has 1 saturated heterocycles. The summed E-state index contributed by atoms with van der Waals surface area (Å²) in [6.07, 6.45) is 0. The summed E-state index contributed by atoms with van der Waals surface area (Å²) in [6, 6.07) is 0. The fraction of sp³-hybridized carbons (Fsp3) is 1.00. The second-order valence-corrected chi connectivity index (χ2v) is 5.56. The molecule has 1 N–H and O–H groups in total. The first-order chi connectivity index (χ1) is 5.60. The number of ether oxygens (including phenoxy) is 1. The van der Waals surface area contributed by atoms with Crippen LogP contribution in [0.1, 0.15) is 20.8 Å². The lowest BCUT2D eigenvalue weighted by Crippen LogP contribution is -2.46. The minimum Gasteiger partial charge on any atom is -0.382 e. The molecule has 0 saturated carbocycles. The molecule has 0 aromatic rings. The van der Waals surface area contributed by atoms with Crippen molar-refractivity contribution >= 4 is 11.8 Å². The van der Waals surface area contributed by atoms with Crippen LogP contribution in [0.3, 0.4) is 0 Å². The Morgan fingerprint density at radius 1 is 1.67 bits per heavy atom. The first-order valence-electron chi connectivity index (χ1n) is 4.52. The van der Waals surface area contributed by atoms with Crippen LogP contribution >= 0.6 is 11.8 Å². The topological polar surface area (TPSA) is 21.3 Å². The summed E-state index contributed by atoms with van der Waals surface area (Å²) >= 11 is 2.01. The molecule has 2 unspecified atom stereocenters. The van der Waals surface area contributed by atoms with E-state index < -0.39 is 0 Å². The Balaban J connectivity index is 2.61. The quantitative estimate of drug-likeness (QED) is 0.730. The van der Waals surface area contributed by atoms with E-state index in [0.29, 0.717) is 11.2 Å². The molecular formula is C9H19NOS. The van der Waals surface area contributed by atoms with Crippen molar-refractivity contribution in [2.24, 2.45) is 5.92 Å². The zero-order chi connectivity index (χ0) is 9.19. The van der Waals surface area contributed by atoms with E-state index in [2.05, 4.69) is 26.1 Å². The van der Waals surface area contributed by atoms with Gasteiger partial charge in [0.25, 0.3) is 0 Å². The van der Waals surface area contributed by atoms with Crippen molar-refractivity contribution in [2.45, 2.75) is 30.9 Å². The zero-order valence-corrected chi connectivity index (χ0v) is 9.20. The lowest BCUT2D eigenvalue weighted by atomic mass is 10.0. The maximum absolute atomic E-state index is 5.26. The van der Waals surface area contributed by atoms with Crippen LogP contribution in [0.4, 0.5) is 0 Å². The SMILES string of the molecule is COCC1(C(C)C)NCC(C)S1. The minimum atomic E-state index is 0.161. The highest BCUT2D eigenvalue weighted by atomic mass is 32.2. The molecule has 2 nitrogen and oxygen atoms in total. The lowest BCUT2D eigenvalue weighted by Gasteiger charge is -2.32. The Hall–Kier alpha value is 0.270. The first-order valence-corrected chi connectivity index (χ1v) is 5.40. The van der Waals surface area contributed by atoms with E-state index in [4.69, 9.17) is 4.74 Å². The molecule has 0 bridgehead atoms. The molecule has 1 aliphatic rings. The Labute approximate surface area is 79.4 Å². The molecule has 2 atom stereocenters. The molecule has 1 aliphatic heterocycles. The third kappa shape index (κ3) is 1.95. The largest absolute Gasteiger partial charge is 0.382 e. The van der Waals surface area contributed by atoms with E-state index in [1.54, 1.807) is 7.11 Å². The van der Waals surface area contributed by atoms with Gasteiger partial charge in [0, 0.05) is 18.9 Å². The van der Waals surface area contributed by atoms with Crippen molar-refractivity contribution < 1.29 is 4.74 Å². The van der Waals surface area contributed by atoms with E-state index in [9.17, 15) is 0 Å². The van der Waals surface area contributed by atoms with Crippen LogP contribution < -0.4 is 5.32 Å². The van der Waals surface area contributed by atoms with Crippen LogP contribution in [0.25, 0.3) is 0 Å². The maximum Gasteiger partial charge on any atom is 0.0907 e. The van der Waals surface area contributed by atoms with Crippen LogP contribution in [0.15, 0.2) is 0 Å². The van der Waals surface area contributed by atoms with E-state index >= 15 is 0 Å². The van der Waals surface area contributed by atoms with Crippen molar-refractivity contribution in [1.29, 1.82) is 0 Å². The molecule has 1 heterocycles. The van der Waals surface area contributed by atoms with Gasteiger partial charge in [-0.2, -0.15) is 0 Å². The van der Waals surface area contributed by atoms with Gasteiger partial charge in [-0.05, 0) is 5.92 Å². The van der Waals surface area contributed by atoms with Crippen LogP contribution in [0, 0.1) is 5.92 Å². The van der Waals surface area contributed by atoms with Crippen molar-refractivity contribution in [3.05, 3.63) is 0 Å². The second-order valence-electron chi connectivity index (χ2n) is 3.79. The highest BCUT2D eigenvalue weighted by Gasteiger charge is 2.40. The first kappa shape index (κ1) is 10.4. The Morgan fingerprint density at radius 3 is 2.67 bits per heavy atom. The standard InChI is InChI=1S/C9H19NOS/c1-7(2)9(6-11-4)10-5-8(3)12-9/h7-8,10H,5-6H2,1-4H3. The molecule has 12 heavy (non-hydrogen) atoms. The summed E-state index contributed by atoms with van der Waals surface area (Å²) in [5.74, 6) is 0.618. The highest BCUT2D eigenvalue weighted by Crippen LogP contribution is 2.38. The van der Waals surface area contributed by atoms with E-state index in [1.807, 2.05) is 11.8 Å². The number of rotatable bonds is 3.